The van der Waals surface area contributed by atoms with Crippen molar-refractivity contribution in [2.45, 2.75) is 45.1 Å². The van der Waals surface area contributed by atoms with Gasteiger partial charge >= 0.3 is 0 Å². The van der Waals surface area contributed by atoms with E-state index in [0.717, 1.165) is 22.0 Å². The molecule has 6 heteroatoms. The quantitative estimate of drug-likeness (QED) is 0.703. The summed E-state index contributed by atoms with van der Waals surface area (Å²) in [5, 5.41) is 0.890. The van der Waals surface area contributed by atoms with E-state index in [2.05, 4.69) is 23.6 Å². The first kappa shape index (κ1) is 19.3. The van der Waals surface area contributed by atoms with E-state index in [1.165, 1.54) is 0 Å². The van der Waals surface area contributed by atoms with Crippen molar-refractivity contribution in [1.82, 2.24) is 9.71 Å². The largest absolute Gasteiger partial charge is 0.322 e. The molecule has 3 aromatic rings. The number of aryl methyl sites for hydroxylation is 2. The fraction of sp³-hybridized carbons (Fsp3) is 0.286. The van der Waals surface area contributed by atoms with Crippen molar-refractivity contribution in [2.75, 3.05) is 0 Å². The summed E-state index contributed by atoms with van der Waals surface area (Å²) in [4.78, 5) is 15.4. The monoisotopic (exact) mass is 384 g/mol. The number of aromatic nitrogens is 1. The van der Waals surface area contributed by atoms with Crippen molar-refractivity contribution in [3.8, 4) is 0 Å². The van der Waals surface area contributed by atoms with Crippen LogP contribution in [-0.4, -0.2) is 13.4 Å². The van der Waals surface area contributed by atoms with E-state index in [1.54, 1.807) is 25.1 Å². The molecule has 0 saturated carbocycles. The van der Waals surface area contributed by atoms with E-state index < -0.39 is 10.0 Å². The smallest absolute Gasteiger partial charge is 0.252 e. The molecular weight excluding hydrogens is 360 g/mol. The molecule has 3 rings (SSSR count). The maximum Gasteiger partial charge on any atom is 0.252 e. The van der Waals surface area contributed by atoms with Gasteiger partial charge in [-0.25, -0.2) is 13.1 Å². The van der Waals surface area contributed by atoms with Gasteiger partial charge in [0, 0.05) is 17.6 Å². The molecule has 0 spiro atoms. The van der Waals surface area contributed by atoms with Gasteiger partial charge in [0.1, 0.15) is 0 Å². The second kappa shape index (κ2) is 7.29. The molecule has 0 aliphatic heterocycles. The third kappa shape index (κ3) is 4.12. The minimum absolute atomic E-state index is 0.0626. The SMILES string of the molecule is Cc1ccc(C)c(S(=O)(=O)NCc2cc3cc(C(C)C)ccc3[nH]c2=O)c1. The van der Waals surface area contributed by atoms with Gasteiger partial charge in [0.25, 0.3) is 5.56 Å². The summed E-state index contributed by atoms with van der Waals surface area (Å²) < 4.78 is 27.9. The lowest BCUT2D eigenvalue weighted by atomic mass is 10.0. The van der Waals surface area contributed by atoms with Gasteiger partial charge < -0.3 is 4.98 Å². The molecule has 0 bridgehead atoms. The number of benzene rings is 2. The van der Waals surface area contributed by atoms with Crippen LogP contribution in [0.2, 0.25) is 0 Å². The Labute approximate surface area is 159 Å². The highest BCUT2D eigenvalue weighted by atomic mass is 32.2. The first-order valence-corrected chi connectivity index (χ1v) is 10.4. The summed E-state index contributed by atoms with van der Waals surface area (Å²) in [5.74, 6) is 0.368. The van der Waals surface area contributed by atoms with Crippen LogP contribution in [0.4, 0.5) is 0 Å². The zero-order valence-electron chi connectivity index (χ0n) is 16.0. The van der Waals surface area contributed by atoms with E-state index in [1.807, 2.05) is 31.2 Å². The second-order valence-corrected chi connectivity index (χ2v) is 8.95. The summed E-state index contributed by atoms with van der Waals surface area (Å²) in [5.41, 5.74) is 3.54. The predicted octanol–water partition coefficient (Wildman–Crippen LogP) is 3.75. The lowest BCUT2D eigenvalue weighted by Gasteiger charge is -2.11. The molecule has 0 atom stereocenters. The highest BCUT2D eigenvalue weighted by Gasteiger charge is 2.17. The highest BCUT2D eigenvalue weighted by molar-refractivity contribution is 7.89. The number of fused-ring (bicyclic) bond motifs is 1. The Morgan fingerprint density at radius 1 is 1.04 bits per heavy atom. The van der Waals surface area contributed by atoms with E-state index in [0.29, 0.717) is 17.0 Å². The number of aromatic amines is 1. The van der Waals surface area contributed by atoms with Gasteiger partial charge in [0.15, 0.2) is 0 Å². The summed E-state index contributed by atoms with van der Waals surface area (Å²) in [6.07, 6.45) is 0. The summed E-state index contributed by atoms with van der Waals surface area (Å²) in [6.45, 7) is 7.74. The van der Waals surface area contributed by atoms with Crippen LogP contribution < -0.4 is 10.3 Å². The Bertz CT molecular complexity index is 1160. The highest BCUT2D eigenvalue weighted by Crippen LogP contribution is 2.20. The number of rotatable bonds is 5. The van der Waals surface area contributed by atoms with E-state index in [9.17, 15) is 13.2 Å². The summed E-state index contributed by atoms with van der Waals surface area (Å²) >= 11 is 0. The van der Waals surface area contributed by atoms with Crippen molar-refractivity contribution in [3.63, 3.8) is 0 Å². The van der Waals surface area contributed by atoms with Crippen molar-refractivity contribution < 1.29 is 8.42 Å². The Kier molecular flexibility index (Phi) is 5.22. The molecule has 27 heavy (non-hydrogen) atoms. The topological polar surface area (TPSA) is 79.0 Å². The van der Waals surface area contributed by atoms with E-state index in [-0.39, 0.29) is 17.0 Å². The Hall–Kier alpha value is -2.44. The van der Waals surface area contributed by atoms with Gasteiger partial charge in [-0.2, -0.15) is 0 Å². The molecule has 0 aliphatic rings. The van der Waals surface area contributed by atoms with Gasteiger partial charge in [-0.15, -0.1) is 0 Å². The van der Waals surface area contributed by atoms with Crippen LogP contribution in [0.5, 0.6) is 0 Å². The van der Waals surface area contributed by atoms with Crippen LogP contribution in [0.25, 0.3) is 10.9 Å². The molecule has 5 nitrogen and oxygen atoms in total. The Morgan fingerprint density at radius 3 is 2.48 bits per heavy atom. The molecular formula is C21H24N2O3S. The fourth-order valence-electron chi connectivity index (χ4n) is 3.01. The van der Waals surface area contributed by atoms with Crippen molar-refractivity contribution in [3.05, 3.63) is 75.1 Å². The third-order valence-electron chi connectivity index (χ3n) is 4.70. The molecule has 142 valence electrons. The molecule has 1 heterocycles. The number of nitrogens with one attached hydrogen (secondary N) is 2. The van der Waals surface area contributed by atoms with Crippen LogP contribution in [0.1, 0.15) is 42.0 Å². The van der Waals surface area contributed by atoms with Gasteiger partial charge in [0.2, 0.25) is 10.0 Å². The number of hydrogen-bond donors (Lipinski definition) is 2. The minimum atomic E-state index is -3.71. The average molecular weight is 385 g/mol. The van der Waals surface area contributed by atoms with Gasteiger partial charge in [-0.1, -0.05) is 32.0 Å². The van der Waals surface area contributed by atoms with Gasteiger partial charge in [0.05, 0.1) is 4.90 Å². The average Bonchev–Trinajstić information content (AvgIpc) is 2.61. The molecule has 1 aromatic heterocycles. The van der Waals surface area contributed by atoms with Crippen molar-refractivity contribution >= 4 is 20.9 Å². The maximum atomic E-state index is 12.7. The molecule has 0 amide bonds. The first-order chi connectivity index (χ1) is 12.7. The zero-order valence-corrected chi connectivity index (χ0v) is 16.8. The molecule has 0 aliphatic carbocycles. The standard InChI is InChI=1S/C21H24N2O3S/c1-13(2)16-7-8-19-17(10-16)11-18(21(24)23-19)12-22-27(25,26)20-9-14(3)5-6-15(20)4/h5-11,13,22H,12H2,1-4H3,(H,23,24). The van der Waals surface area contributed by atoms with Gasteiger partial charge in [-0.3, -0.25) is 4.79 Å². The maximum absolute atomic E-state index is 12.7. The molecule has 2 N–H and O–H groups in total. The number of hydrogen-bond acceptors (Lipinski definition) is 3. The normalized spacial score (nSPS) is 12.0. The van der Waals surface area contributed by atoms with Crippen LogP contribution in [0, 0.1) is 13.8 Å². The molecule has 2 aromatic carbocycles. The number of H-pyrrole nitrogens is 1. The Balaban J connectivity index is 1.93. The number of pyridine rings is 1. The predicted molar refractivity (Wildman–Crippen MR) is 109 cm³/mol. The zero-order chi connectivity index (χ0) is 19.8. The van der Waals surface area contributed by atoms with E-state index in [4.69, 9.17) is 0 Å². The van der Waals surface area contributed by atoms with Crippen LogP contribution in [0.15, 0.2) is 52.2 Å². The third-order valence-corrected chi connectivity index (χ3v) is 6.24. The number of sulfonamides is 1. The van der Waals surface area contributed by atoms with Crippen LogP contribution in [-0.2, 0) is 16.6 Å². The first-order valence-electron chi connectivity index (χ1n) is 8.90. The summed E-state index contributed by atoms with van der Waals surface area (Å²) in [7, 11) is -3.71. The fourth-order valence-corrected chi connectivity index (χ4v) is 4.34. The lowest BCUT2D eigenvalue weighted by Crippen LogP contribution is -2.27. The Morgan fingerprint density at radius 2 is 1.78 bits per heavy atom. The van der Waals surface area contributed by atoms with E-state index >= 15 is 0 Å². The summed E-state index contributed by atoms with van der Waals surface area (Å²) in [6, 6.07) is 12.9. The molecule has 0 fully saturated rings. The van der Waals surface area contributed by atoms with Crippen LogP contribution in [0.3, 0.4) is 0 Å². The minimum Gasteiger partial charge on any atom is -0.322 e. The van der Waals surface area contributed by atoms with Crippen molar-refractivity contribution in [1.29, 1.82) is 0 Å². The second-order valence-electron chi connectivity index (χ2n) is 7.22. The molecule has 0 radical (unpaired) electrons. The van der Waals surface area contributed by atoms with Crippen molar-refractivity contribution in [2.24, 2.45) is 0 Å². The van der Waals surface area contributed by atoms with Crippen LogP contribution >= 0.6 is 0 Å². The lowest BCUT2D eigenvalue weighted by molar-refractivity contribution is 0.580. The molecule has 0 unspecified atom stereocenters. The molecule has 0 saturated heterocycles. The van der Waals surface area contributed by atoms with Gasteiger partial charge in [-0.05, 0) is 66.1 Å².